The fourth-order valence-electron chi connectivity index (χ4n) is 3.04. The summed E-state index contributed by atoms with van der Waals surface area (Å²) in [4.78, 5) is 17.4. The average molecular weight is 276 g/mol. The number of imidazole rings is 1. The molecule has 0 saturated heterocycles. The number of fused-ring (bicyclic) bond motifs is 5. The number of carbonyl (C=O) groups excluding carboxylic acids is 1. The third-order valence-corrected chi connectivity index (χ3v) is 4.29. The van der Waals surface area contributed by atoms with Crippen molar-refractivity contribution in [1.82, 2.24) is 9.55 Å². The Hall–Kier alpha value is -2.42. The molecule has 0 N–H and O–H groups in total. The molecule has 0 saturated carbocycles. The van der Waals surface area contributed by atoms with Crippen molar-refractivity contribution in [2.24, 2.45) is 0 Å². The van der Waals surface area contributed by atoms with Crippen LogP contribution in [0.2, 0.25) is 0 Å². The number of hydrogen-bond donors (Lipinski definition) is 0. The minimum Gasteiger partial charge on any atom is -0.268 e. The lowest BCUT2D eigenvalue weighted by Gasteiger charge is -2.01. The van der Waals surface area contributed by atoms with E-state index in [0.717, 1.165) is 40.8 Å². The van der Waals surface area contributed by atoms with Crippen molar-refractivity contribution >= 4 is 16.9 Å². The second-order valence-electron chi connectivity index (χ2n) is 5.49. The van der Waals surface area contributed by atoms with Crippen LogP contribution in [0.25, 0.3) is 22.4 Å². The molecule has 0 atom stereocenters. The Morgan fingerprint density at radius 1 is 0.952 bits per heavy atom. The van der Waals surface area contributed by atoms with E-state index in [0.29, 0.717) is 0 Å². The predicted octanol–water partition coefficient (Wildman–Crippen LogP) is 3.83. The molecule has 0 fully saturated rings. The maximum Gasteiger partial charge on any atom is 0.264 e. The van der Waals surface area contributed by atoms with Gasteiger partial charge in [0.2, 0.25) is 0 Å². The summed E-state index contributed by atoms with van der Waals surface area (Å²) in [6.07, 6.45) is 1.93. The highest BCUT2D eigenvalue weighted by Crippen LogP contribution is 2.35. The highest BCUT2D eigenvalue weighted by molar-refractivity contribution is 6.12. The van der Waals surface area contributed by atoms with Crippen LogP contribution in [0, 0.1) is 0 Å². The summed E-state index contributed by atoms with van der Waals surface area (Å²) in [5, 5.41) is 0. The molecule has 3 aromatic rings. The zero-order valence-electron chi connectivity index (χ0n) is 12.2. The molecule has 21 heavy (non-hydrogen) atoms. The number of rotatable bonds is 2. The number of aromatic nitrogens is 2. The summed E-state index contributed by atoms with van der Waals surface area (Å²) in [7, 11) is 0. The first-order valence-electron chi connectivity index (χ1n) is 7.42. The first-order chi connectivity index (χ1) is 10.2. The monoisotopic (exact) mass is 276 g/mol. The van der Waals surface area contributed by atoms with Gasteiger partial charge in [0.1, 0.15) is 5.82 Å². The molecule has 2 heterocycles. The molecule has 0 amide bonds. The van der Waals surface area contributed by atoms with E-state index in [4.69, 9.17) is 4.98 Å². The minimum absolute atomic E-state index is 0.0365. The average Bonchev–Trinajstić information content (AvgIpc) is 3.02. The van der Waals surface area contributed by atoms with Gasteiger partial charge in [-0.1, -0.05) is 26.0 Å². The zero-order valence-corrected chi connectivity index (χ0v) is 12.2. The second-order valence-corrected chi connectivity index (χ2v) is 5.49. The topological polar surface area (TPSA) is 34.9 Å². The number of hydrogen-bond acceptors (Lipinski definition) is 2. The largest absolute Gasteiger partial charge is 0.268 e. The Labute approximate surface area is 123 Å². The predicted molar refractivity (Wildman–Crippen MR) is 83.7 cm³/mol. The standard InChI is InChI=1S/C18H16N2O/c1-3-11-5-7-13-14(9-11)17-19-15-10-12(4-2)6-8-16(15)20(17)18(13)21/h5-10H,3-4H2,1-2H3. The molecule has 0 spiro atoms. The van der Waals surface area contributed by atoms with E-state index < -0.39 is 0 Å². The van der Waals surface area contributed by atoms with Crippen LogP contribution in [0.15, 0.2) is 36.4 Å². The SMILES string of the molecule is CCc1ccc2c(c1)-c1nc3cc(CC)ccc3n1C2=O. The molecule has 104 valence electrons. The van der Waals surface area contributed by atoms with Crippen LogP contribution < -0.4 is 0 Å². The molecule has 3 nitrogen and oxygen atoms in total. The lowest BCUT2D eigenvalue weighted by atomic mass is 10.0. The van der Waals surface area contributed by atoms with Crippen LogP contribution in [-0.4, -0.2) is 15.5 Å². The third-order valence-electron chi connectivity index (χ3n) is 4.29. The van der Waals surface area contributed by atoms with Gasteiger partial charge in [-0.25, -0.2) is 4.98 Å². The van der Waals surface area contributed by atoms with Gasteiger partial charge in [0.05, 0.1) is 16.6 Å². The molecule has 0 bridgehead atoms. The molecule has 1 aliphatic rings. The normalized spacial score (nSPS) is 12.8. The lowest BCUT2D eigenvalue weighted by Crippen LogP contribution is -2.05. The van der Waals surface area contributed by atoms with Crippen LogP contribution in [0.5, 0.6) is 0 Å². The number of benzene rings is 2. The van der Waals surface area contributed by atoms with E-state index in [1.807, 2.05) is 18.2 Å². The van der Waals surface area contributed by atoms with Crippen molar-refractivity contribution in [2.75, 3.05) is 0 Å². The summed E-state index contributed by atoms with van der Waals surface area (Å²) in [6.45, 7) is 4.24. The molecule has 0 unspecified atom stereocenters. The van der Waals surface area contributed by atoms with Gasteiger partial charge in [0.25, 0.3) is 5.91 Å². The van der Waals surface area contributed by atoms with Gasteiger partial charge in [-0.05, 0) is 48.2 Å². The molecule has 4 rings (SSSR count). The van der Waals surface area contributed by atoms with E-state index in [9.17, 15) is 4.79 Å². The molecule has 0 radical (unpaired) electrons. The zero-order chi connectivity index (χ0) is 14.6. The van der Waals surface area contributed by atoms with E-state index in [-0.39, 0.29) is 5.91 Å². The maximum atomic E-state index is 12.6. The van der Waals surface area contributed by atoms with E-state index in [1.165, 1.54) is 11.1 Å². The summed E-state index contributed by atoms with van der Waals surface area (Å²) >= 11 is 0. The second kappa shape index (κ2) is 4.29. The van der Waals surface area contributed by atoms with Crippen molar-refractivity contribution < 1.29 is 4.79 Å². The summed E-state index contributed by atoms with van der Waals surface area (Å²) in [5.41, 5.74) is 6.02. The minimum atomic E-state index is 0.0365. The van der Waals surface area contributed by atoms with Gasteiger partial charge in [0, 0.05) is 5.56 Å². The van der Waals surface area contributed by atoms with Crippen molar-refractivity contribution in [2.45, 2.75) is 26.7 Å². The van der Waals surface area contributed by atoms with Crippen LogP contribution in [0.3, 0.4) is 0 Å². The first kappa shape index (κ1) is 12.3. The van der Waals surface area contributed by atoms with E-state index in [1.54, 1.807) is 4.57 Å². The van der Waals surface area contributed by atoms with Crippen molar-refractivity contribution in [3.8, 4) is 11.4 Å². The smallest absolute Gasteiger partial charge is 0.264 e. The number of aryl methyl sites for hydroxylation is 2. The molecule has 2 aromatic carbocycles. The Bertz CT molecular complexity index is 890. The van der Waals surface area contributed by atoms with Gasteiger partial charge >= 0.3 is 0 Å². The molecule has 1 aromatic heterocycles. The number of nitrogens with zero attached hydrogens (tertiary/aromatic N) is 2. The quantitative estimate of drug-likeness (QED) is 0.557. The molecular weight excluding hydrogens is 260 g/mol. The lowest BCUT2D eigenvalue weighted by molar-refractivity contribution is 0.0973. The van der Waals surface area contributed by atoms with E-state index >= 15 is 0 Å². The fourth-order valence-corrected chi connectivity index (χ4v) is 3.04. The number of carbonyl (C=O) groups is 1. The van der Waals surface area contributed by atoms with Crippen molar-refractivity contribution in [3.05, 3.63) is 53.1 Å². The van der Waals surface area contributed by atoms with Gasteiger partial charge < -0.3 is 0 Å². The summed E-state index contributed by atoms with van der Waals surface area (Å²) < 4.78 is 1.75. The molecule has 3 heteroatoms. The fraction of sp³-hybridized carbons (Fsp3) is 0.222. The van der Waals surface area contributed by atoms with Crippen LogP contribution in [-0.2, 0) is 12.8 Å². The van der Waals surface area contributed by atoms with Crippen LogP contribution in [0.4, 0.5) is 0 Å². The first-order valence-corrected chi connectivity index (χ1v) is 7.42. The Morgan fingerprint density at radius 3 is 2.43 bits per heavy atom. The summed E-state index contributed by atoms with van der Waals surface area (Å²) in [5.74, 6) is 0.822. The van der Waals surface area contributed by atoms with Crippen LogP contribution >= 0.6 is 0 Å². The van der Waals surface area contributed by atoms with Gasteiger partial charge in [-0.2, -0.15) is 0 Å². The molecule has 1 aliphatic heterocycles. The van der Waals surface area contributed by atoms with Crippen molar-refractivity contribution in [3.63, 3.8) is 0 Å². The third kappa shape index (κ3) is 1.60. The van der Waals surface area contributed by atoms with Crippen molar-refractivity contribution in [1.29, 1.82) is 0 Å². The Morgan fingerprint density at radius 2 is 1.67 bits per heavy atom. The van der Waals surface area contributed by atoms with Gasteiger partial charge in [-0.3, -0.25) is 9.36 Å². The van der Waals surface area contributed by atoms with Crippen LogP contribution in [0.1, 0.15) is 35.3 Å². The van der Waals surface area contributed by atoms with Gasteiger partial charge in [0.15, 0.2) is 0 Å². The Kier molecular flexibility index (Phi) is 2.52. The molecular formula is C18H16N2O. The Balaban J connectivity index is 2.02. The summed E-state index contributed by atoms with van der Waals surface area (Å²) in [6, 6.07) is 12.2. The molecule has 0 aliphatic carbocycles. The van der Waals surface area contributed by atoms with Gasteiger partial charge in [-0.15, -0.1) is 0 Å². The maximum absolute atomic E-state index is 12.6. The highest BCUT2D eigenvalue weighted by atomic mass is 16.2. The highest BCUT2D eigenvalue weighted by Gasteiger charge is 2.30. The van der Waals surface area contributed by atoms with E-state index in [2.05, 4.69) is 32.0 Å².